The highest BCUT2D eigenvalue weighted by atomic mass is 16.7. The number of rotatable bonds is 13. The van der Waals surface area contributed by atoms with Gasteiger partial charge in [-0.25, -0.2) is 0 Å². The van der Waals surface area contributed by atoms with E-state index in [9.17, 15) is 9.59 Å². The Morgan fingerprint density at radius 2 is 1.09 bits per heavy atom. The molecule has 6 heteroatoms. The molecule has 6 nitrogen and oxygen atoms in total. The van der Waals surface area contributed by atoms with Gasteiger partial charge < -0.3 is 20.1 Å². The second-order valence-electron chi connectivity index (χ2n) is 8.04. The van der Waals surface area contributed by atoms with Crippen LogP contribution in [0.5, 0.6) is 0 Å². The predicted octanol–water partition coefficient (Wildman–Crippen LogP) is 4.39. The first kappa shape index (κ1) is 26.1. The van der Waals surface area contributed by atoms with Gasteiger partial charge in [0, 0.05) is 26.1 Å². The molecule has 0 unspecified atom stereocenters. The van der Waals surface area contributed by atoms with E-state index in [-0.39, 0.29) is 31.2 Å². The number of carbonyl (C=O) groups excluding carboxylic acids is 2. The predicted molar refractivity (Wildman–Crippen MR) is 137 cm³/mol. The molecule has 0 saturated carbocycles. The molecular formula is C29H34N2O4. The fraction of sp³-hybridized carbons (Fsp3) is 0.310. The Balaban J connectivity index is 1.80. The van der Waals surface area contributed by atoms with Crippen molar-refractivity contribution in [2.45, 2.75) is 38.5 Å². The smallest absolute Gasteiger partial charge is 0.221 e. The van der Waals surface area contributed by atoms with Crippen LogP contribution in [-0.2, 0) is 24.6 Å². The lowest BCUT2D eigenvalue weighted by Crippen LogP contribution is -2.48. The molecule has 3 rings (SSSR count). The lowest BCUT2D eigenvalue weighted by Gasteiger charge is -2.37. The van der Waals surface area contributed by atoms with E-state index in [1.54, 1.807) is 0 Å². The van der Waals surface area contributed by atoms with Crippen molar-refractivity contribution in [2.24, 2.45) is 0 Å². The van der Waals surface area contributed by atoms with E-state index in [2.05, 4.69) is 10.6 Å². The van der Waals surface area contributed by atoms with Crippen molar-refractivity contribution >= 4 is 11.8 Å². The van der Waals surface area contributed by atoms with Gasteiger partial charge in [0.15, 0.2) is 6.29 Å². The molecule has 0 bridgehead atoms. The highest BCUT2D eigenvalue weighted by Gasteiger charge is 2.37. The summed E-state index contributed by atoms with van der Waals surface area (Å²) in [4.78, 5) is 25.7. The summed E-state index contributed by atoms with van der Waals surface area (Å²) in [7, 11) is 0. The summed E-state index contributed by atoms with van der Waals surface area (Å²) in [5, 5.41) is 6.07. The minimum atomic E-state index is -0.896. The van der Waals surface area contributed by atoms with E-state index in [0.29, 0.717) is 13.2 Å². The Morgan fingerprint density at radius 1 is 0.686 bits per heavy atom. The molecule has 0 aliphatic carbocycles. The van der Waals surface area contributed by atoms with Gasteiger partial charge in [0.05, 0.1) is 6.54 Å². The summed E-state index contributed by atoms with van der Waals surface area (Å²) in [5.74, 6) is -0.447. The monoisotopic (exact) mass is 474 g/mol. The molecule has 0 aliphatic heterocycles. The zero-order valence-electron chi connectivity index (χ0n) is 20.4. The third kappa shape index (κ3) is 7.01. The second-order valence-corrected chi connectivity index (χ2v) is 8.04. The second kappa shape index (κ2) is 13.4. The maximum absolute atomic E-state index is 13.3. The first-order valence-corrected chi connectivity index (χ1v) is 12.1. The van der Waals surface area contributed by atoms with Crippen LogP contribution in [0.2, 0.25) is 0 Å². The first-order valence-electron chi connectivity index (χ1n) is 12.1. The Labute approximate surface area is 207 Å². The molecular weight excluding hydrogens is 440 g/mol. The van der Waals surface area contributed by atoms with Gasteiger partial charge in [-0.05, 0) is 30.5 Å². The average Bonchev–Trinajstić information content (AvgIpc) is 2.91. The third-order valence-electron chi connectivity index (χ3n) is 5.70. The van der Waals surface area contributed by atoms with E-state index in [1.807, 2.05) is 105 Å². The molecule has 3 aromatic rings. The Morgan fingerprint density at radius 3 is 1.49 bits per heavy atom. The third-order valence-corrected chi connectivity index (χ3v) is 5.70. The van der Waals surface area contributed by atoms with Gasteiger partial charge in [-0.1, -0.05) is 91.0 Å². The summed E-state index contributed by atoms with van der Waals surface area (Å²) >= 11 is 0. The summed E-state index contributed by atoms with van der Waals surface area (Å²) in [6.45, 7) is 4.96. The molecule has 0 aliphatic rings. The van der Waals surface area contributed by atoms with E-state index < -0.39 is 11.8 Å². The van der Waals surface area contributed by atoms with E-state index in [0.717, 1.165) is 16.7 Å². The molecule has 0 heterocycles. The fourth-order valence-electron chi connectivity index (χ4n) is 4.10. The summed E-state index contributed by atoms with van der Waals surface area (Å²) in [6.07, 6.45) is -0.385. The maximum atomic E-state index is 13.3. The van der Waals surface area contributed by atoms with Gasteiger partial charge in [0.1, 0.15) is 5.54 Å². The lowest BCUT2D eigenvalue weighted by atomic mass is 9.77. The zero-order chi connectivity index (χ0) is 24.9. The van der Waals surface area contributed by atoms with Gasteiger partial charge in [-0.2, -0.15) is 0 Å². The van der Waals surface area contributed by atoms with E-state index in [1.165, 1.54) is 0 Å². The quantitative estimate of drug-likeness (QED) is 0.285. The number of hydrogen-bond acceptors (Lipinski definition) is 4. The molecule has 35 heavy (non-hydrogen) atoms. The van der Waals surface area contributed by atoms with Crippen molar-refractivity contribution in [1.82, 2.24) is 10.6 Å². The minimum Gasteiger partial charge on any atom is -0.351 e. The van der Waals surface area contributed by atoms with Crippen molar-refractivity contribution in [1.29, 1.82) is 0 Å². The molecule has 184 valence electrons. The number of amides is 2. The van der Waals surface area contributed by atoms with Gasteiger partial charge in [0.25, 0.3) is 0 Å². The van der Waals surface area contributed by atoms with Crippen LogP contribution in [0.25, 0.3) is 0 Å². The molecule has 0 saturated heterocycles. The molecule has 0 aromatic heterocycles. The van der Waals surface area contributed by atoms with Crippen LogP contribution in [0, 0.1) is 0 Å². The van der Waals surface area contributed by atoms with Crippen LogP contribution in [0.4, 0.5) is 0 Å². The first-order chi connectivity index (χ1) is 17.1. The van der Waals surface area contributed by atoms with Crippen LogP contribution in [0.15, 0.2) is 91.0 Å². The number of carbonyl (C=O) groups is 2. The van der Waals surface area contributed by atoms with Crippen LogP contribution in [0.3, 0.4) is 0 Å². The van der Waals surface area contributed by atoms with Crippen molar-refractivity contribution < 1.29 is 19.1 Å². The van der Waals surface area contributed by atoms with Crippen molar-refractivity contribution in [3.63, 3.8) is 0 Å². The van der Waals surface area contributed by atoms with Gasteiger partial charge >= 0.3 is 0 Å². The van der Waals surface area contributed by atoms with Crippen LogP contribution in [-0.4, -0.2) is 37.9 Å². The molecule has 0 fully saturated rings. The largest absolute Gasteiger partial charge is 0.351 e. The number of nitrogens with one attached hydrogen (secondary N) is 2. The Hall–Kier alpha value is -3.48. The summed E-state index contributed by atoms with van der Waals surface area (Å²) in [5.41, 5.74) is 1.91. The van der Waals surface area contributed by atoms with Gasteiger partial charge in [0.2, 0.25) is 11.8 Å². The number of ether oxygens (including phenoxy) is 2. The molecule has 0 spiro atoms. The standard InChI is InChI=1S/C29H34N2O4/c1-3-34-28(35-4-2)22-30-26(32)20-21-27(33)31-29(23-14-8-5-9-15-23,24-16-10-6-11-17-24)25-18-12-7-13-19-25/h5-19,28H,3-4,20-22H2,1-2H3,(H,30,32)(H,31,33). The van der Waals surface area contributed by atoms with E-state index in [4.69, 9.17) is 9.47 Å². The summed E-state index contributed by atoms with van der Waals surface area (Å²) in [6, 6.07) is 29.7. The summed E-state index contributed by atoms with van der Waals surface area (Å²) < 4.78 is 10.9. The maximum Gasteiger partial charge on any atom is 0.221 e. The molecule has 2 amide bonds. The van der Waals surface area contributed by atoms with Crippen LogP contribution < -0.4 is 10.6 Å². The molecule has 2 N–H and O–H groups in total. The lowest BCUT2D eigenvalue weighted by molar-refractivity contribution is -0.141. The number of hydrogen-bond donors (Lipinski definition) is 2. The van der Waals surface area contributed by atoms with E-state index >= 15 is 0 Å². The van der Waals surface area contributed by atoms with Gasteiger partial charge in [-0.15, -0.1) is 0 Å². The molecule has 3 aromatic carbocycles. The zero-order valence-corrected chi connectivity index (χ0v) is 20.4. The Kier molecular flexibility index (Phi) is 10.0. The average molecular weight is 475 g/mol. The van der Waals surface area contributed by atoms with Crippen molar-refractivity contribution in [3.8, 4) is 0 Å². The van der Waals surface area contributed by atoms with Crippen LogP contribution in [0.1, 0.15) is 43.4 Å². The molecule has 0 atom stereocenters. The van der Waals surface area contributed by atoms with Crippen molar-refractivity contribution in [2.75, 3.05) is 19.8 Å². The molecule has 0 radical (unpaired) electrons. The highest BCUT2D eigenvalue weighted by Crippen LogP contribution is 2.36. The van der Waals surface area contributed by atoms with Crippen molar-refractivity contribution in [3.05, 3.63) is 108 Å². The fourth-order valence-corrected chi connectivity index (χ4v) is 4.10. The SMILES string of the molecule is CCOC(CNC(=O)CCC(=O)NC(c1ccccc1)(c1ccccc1)c1ccccc1)OCC. The topological polar surface area (TPSA) is 76.7 Å². The highest BCUT2D eigenvalue weighted by molar-refractivity contribution is 5.85. The Bertz CT molecular complexity index is 939. The minimum absolute atomic E-state index is 0.0496. The van der Waals surface area contributed by atoms with Crippen LogP contribution >= 0.6 is 0 Å². The van der Waals surface area contributed by atoms with Gasteiger partial charge in [-0.3, -0.25) is 9.59 Å². The number of benzene rings is 3. The normalized spacial score (nSPS) is 11.3.